The monoisotopic (exact) mass is 327 g/mol. The number of carbonyl (C=O) groups excluding carboxylic acids is 1. The third kappa shape index (κ3) is 4.02. The molecule has 0 unspecified atom stereocenters. The van der Waals surface area contributed by atoms with Gasteiger partial charge in [0.15, 0.2) is 0 Å². The Morgan fingerprint density at radius 3 is 2.67 bits per heavy atom. The quantitative estimate of drug-likeness (QED) is 0.842. The van der Waals surface area contributed by atoms with E-state index in [9.17, 15) is 4.79 Å². The van der Waals surface area contributed by atoms with Gasteiger partial charge in [0.2, 0.25) is 5.76 Å². The SMILES string of the molecule is COc1cc(C(=O)N2CCN(C/C=C/c3ccccc3)CC2)on1. The Bertz CT molecular complexity index is 689. The molecular weight excluding hydrogens is 306 g/mol. The average Bonchev–Trinajstić information content (AvgIpc) is 3.12. The number of piperazine rings is 1. The van der Waals surface area contributed by atoms with Gasteiger partial charge in [0.1, 0.15) is 0 Å². The van der Waals surface area contributed by atoms with E-state index in [1.165, 1.54) is 18.7 Å². The second-order valence-corrected chi connectivity index (χ2v) is 5.64. The minimum Gasteiger partial charge on any atom is -0.479 e. The lowest BCUT2D eigenvalue weighted by Crippen LogP contribution is -2.48. The fourth-order valence-electron chi connectivity index (χ4n) is 2.65. The van der Waals surface area contributed by atoms with E-state index < -0.39 is 0 Å². The van der Waals surface area contributed by atoms with Crippen molar-refractivity contribution in [3.05, 3.63) is 53.8 Å². The zero-order chi connectivity index (χ0) is 16.8. The Labute approximate surface area is 141 Å². The summed E-state index contributed by atoms with van der Waals surface area (Å²) in [5, 5.41) is 3.67. The summed E-state index contributed by atoms with van der Waals surface area (Å²) < 4.78 is 9.96. The van der Waals surface area contributed by atoms with Gasteiger partial charge < -0.3 is 14.2 Å². The Balaban J connectivity index is 1.47. The molecule has 3 rings (SSSR count). The number of methoxy groups -OCH3 is 1. The number of nitrogens with zero attached hydrogens (tertiary/aromatic N) is 3. The smallest absolute Gasteiger partial charge is 0.292 e. The van der Waals surface area contributed by atoms with Crippen LogP contribution in [0.1, 0.15) is 16.1 Å². The van der Waals surface area contributed by atoms with Gasteiger partial charge in [-0.25, -0.2) is 0 Å². The standard InChI is InChI=1S/C18H21N3O3/c1-23-17-14-16(24-19-17)18(22)21-12-10-20(11-13-21)9-5-8-15-6-3-2-4-7-15/h2-8,14H,9-13H2,1H3/b8-5+. The summed E-state index contributed by atoms with van der Waals surface area (Å²) in [6.45, 7) is 3.93. The highest BCUT2D eigenvalue weighted by atomic mass is 16.5. The number of benzene rings is 1. The summed E-state index contributed by atoms with van der Waals surface area (Å²) in [5.41, 5.74) is 1.20. The Morgan fingerprint density at radius 1 is 1.25 bits per heavy atom. The van der Waals surface area contributed by atoms with Crippen LogP contribution in [-0.4, -0.2) is 60.7 Å². The molecule has 1 fully saturated rings. The van der Waals surface area contributed by atoms with Gasteiger partial charge in [0.25, 0.3) is 11.8 Å². The Morgan fingerprint density at radius 2 is 2.00 bits per heavy atom. The van der Waals surface area contributed by atoms with E-state index in [0.29, 0.717) is 19.0 Å². The maximum Gasteiger partial charge on any atom is 0.292 e. The average molecular weight is 327 g/mol. The fraction of sp³-hybridized carbons (Fsp3) is 0.333. The third-order valence-corrected chi connectivity index (χ3v) is 4.04. The Kier molecular flexibility index (Phi) is 5.28. The minimum atomic E-state index is -0.134. The van der Waals surface area contributed by atoms with Crippen molar-refractivity contribution in [3.63, 3.8) is 0 Å². The van der Waals surface area contributed by atoms with Crippen molar-refractivity contribution in [2.45, 2.75) is 0 Å². The van der Waals surface area contributed by atoms with Crippen molar-refractivity contribution in [3.8, 4) is 5.88 Å². The van der Waals surface area contributed by atoms with E-state index in [2.05, 4.69) is 34.3 Å². The summed E-state index contributed by atoms with van der Waals surface area (Å²) >= 11 is 0. The van der Waals surface area contributed by atoms with Crippen LogP contribution in [0.25, 0.3) is 6.08 Å². The number of hydrogen-bond acceptors (Lipinski definition) is 5. The zero-order valence-corrected chi connectivity index (χ0v) is 13.7. The van der Waals surface area contributed by atoms with Crippen molar-refractivity contribution in [1.29, 1.82) is 0 Å². The lowest BCUT2D eigenvalue weighted by atomic mass is 10.2. The van der Waals surface area contributed by atoms with Gasteiger partial charge in [-0.3, -0.25) is 9.69 Å². The molecule has 1 amide bonds. The van der Waals surface area contributed by atoms with E-state index >= 15 is 0 Å². The molecule has 6 nitrogen and oxygen atoms in total. The molecule has 0 aliphatic carbocycles. The van der Waals surface area contributed by atoms with Crippen molar-refractivity contribution < 1.29 is 14.1 Å². The topological polar surface area (TPSA) is 58.8 Å². The van der Waals surface area contributed by atoms with Gasteiger partial charge in [-0.15, -0.1) is 0 Å². The van der Waals surface area contributed by atoms with Crippen LogP contribution in [0, 0.1) is 0 Å². The molecule has 0 saturated carbocycles. The van der Waals surface area contributed by atoms with E-state index in [4.69, 9.17) is 9.26 Å². The van der Waals surface area contributed by atoms with E-state index in [0.717, 1.165) is 19.6 Å². The molecule has 1 aliphatic heterocycles. The fourth-order valence-corrected chi connectivity index (χ4v) is 2.65. The van der Waals surface area contributed by atoms with Crippen LogP contribution in [0.15, 0.2) is 47.0 Å². The molecular formula is C18H21N3O3. The first-order valence-corrected chi connectivity index (χ1v) is 8.00. The number of hydrogen-bond donors (Lipinski definition) is 0. The number of amides is 1. The molecule has 24 heavy (non-hydrogen) atoms. The maximum absolute atomic E-state index is 12.3. The van der Waals surface area contributed by atoms with Crippen LogP contribution in [0.3, 0.4) is 0 Å². The second-order valence-electron chi connectivity index (χ2n) is 5.64. The minimum absolute atomic E-state index is 0.134. The lowest BCUT2D eigenvalue weighted by Gasteiger charge is -2.33. The molecule has 1 aromatic heterocycles. The van der Waals surface area contributed by atoms with Crippen LogP contribution in [0.2, 0.25) is 0 Å². The highest BCUT2D eigenvalue weighted by Crippen LogP contribution is 2.14. The van der Waals surface area contributed by atoms with Crippen molar-refractivity contribution >= 4 is 12.0 Å². The lowest BCUT2D eigenvalue weighted by molar-refractivity contribution is 0.0609. The van der Waals surface area contributed by atoms with Gasteiger partial charge in [0.05, 0.1) is 13.2 Å². The molecule has 0 bridgehead atoms. The van der Waals surface area contributed by atoms with Crippen molar-refractivity contribution in [1.82, 2.24) is 15.0 Å². The molecule has 0 spiro atoms. The number of rotatable bonds is 5. The summed E-state index contributed by atoms with van der Waals surface area (Å²) in [7, 11) is 1.49. The normalized spacial score (nSPS) is 15.8. The highest BCUT2D eigenvalue weighted by Gasteiger charge is 2.24. The van der Waals surface area contributed by atoms with Crippen molar-refractivity contribution in [2.75, 3.05) is 39.8 Å². The Hall–Kier alpha value is -2.60. The van der Waals surface area contributed by atoms with Crippen LogP contribution in [0.4, 0.5) is 0 Å². The molecule has 2 aromatic rings. The molecule has 1 aliphatic rings. The predicted octanol–water partition coefficient (Wildman–Crippen LogP) is 2.15. The third-order valence-electron chi connectivity index (χ3n) is 4.04. The summed E-state index contributed by atoms with van der Waals surface area (Å²) in [4.78, 5) is 16.5. The van der Waals surface area contributed by atoms with Gasteiger partial charge in [-0.05, 0) is 10.7 Å². The van der Waals surface area contributed by atoms with Gasteiger partial charge in [-0.2, -0.15) is 0 Å². The molecule has 2 heterocycles. The first-order chi connectivity index (χ1) is 11.8. The van der Waals surface area contributed by atoms with Gasteiger partial charge >= 0.3 is 0 Å². The number of ether oxygens (including phenoxy) is 1. The highest BCUT2D eigenvalue weighted by molar-refractivity contribution is 5.91. The van der Waals surface area contributed by atoms with Gasteiger partial charge in [0, 0.05) is 32.7 Å². The first kappa shape index (κ1) is 16.3. The second kappa shape index (κ2) is 7.79. The van der Waals surface area contributed by atoms with Crippen LogP contribution in [0.5, 0.6) is 5.88 Å². The van der Waals surface area contributed by atoms with Crippen molar-refractivity contribution in [2.24, 2.45) is 0 Å². The first-order valence-electron chi connectivity index (χ1n) is 8.00. The molecule has 6 heteroatoms. The number of aromatic nitrogens is 1. The predicted molar refractivity (Wildman–Crippen MR) is 90.9 cm³/mol. The molecule has 0 atom stereocenters. The molecule has 0 radical (unpaired) electrons. The summed E-state index contributed by atoms with van der Waals surface area (Å²) in [6, 6.07) is 11.8. The van der Waals surface area contributed by atoms with Crippen LogP contribution < -0.4 is 4.74 Å². The molecule has 0 N–H and O–H groups in total. The van der Waals surface area contributed by atoms with Gasteiger partial charge in [-0.1, -0.05) is 42.5 Å². The molecule has 1 saturated heterocycles. The summed E-state index contributed by atoms with van der Waals surface area (Å²) in [5.74, 6) is 0.414. The van der Waals surface area contributed by atoms with E-state index in [-0.39, 0.29) is 11.7 Å². The molecule has 126 valence electrons. The zero-order valence-electron chi connectivity index (χ0n) is 13.7. The summed E-state index contributed by atoms with van der Waals surface area (Å²) in [6.07, 6.45) is 4.28. The van der Waals surface area contributed by atoms with Crippen LogP contribution in [-0.2, 0) is 0 Å². The van der Waals surface area contributed by atoms with E-state index in [1.807, 2.05) is 18.2 Å². The maximum atomic E-state index is 12.3. The largest absolute Gasteiger partial charge is 0.479 e. The van der Waals surface area contributed by atoms with Crippen LogP contribution >= 0.6 is 0 Å². The number of carbonyl (C=O) groups is 1. The molecule has 1 aromatic carbocycles. The van der Waals surface area contributed by atoms with E-state index in [1.54, 1.807) is 4.90 Å².